The number of rotatable bonds is 5. The summed E-state index contributed by atoms with van der Waals surface area (Å²) in [6.45, 7) is 6.22. The fraction of sp³-hybridized carbons (Fsp3) is 0.533. The Morgan fingerprint density at radius 2 is 2.11 bits per heavy atom. The van der Waals surface area contributed by atoms with Crippen molar-refractivity contribution in [1.82, 2.24) is 0 Å². The molecule has 1 aliphatic carbocycles. The SMILES string of the molecule is CCOC(=O)C(C)(Nc1ccccc1Cl)C1(C)CC1. The second-order valence-electron chi connectivity index (χ2n) is 5.51. The Morgan fingerprint density at radius 1 is 1.47 bits per heavy atom. The number of hydrogen-bond acceptors (Lipinski definition) is 3. The lowest BCUT2D eigenvalue weighted by Gasteiger charge is -2.35. The van der Waals surface area contributed by atoms with Crippen molar-refractivity contribution in [3.05, 3.63) is 29.3 Å². The summed E-state index contributed by atoms with van der Waals surface area (Å²) >= 11 is 6.17. The molecule has 0 bridgehead atoms. The summed E-state index contributed by atoms with van der Waals surface area (Å²) in [5.74, 6) is -0.213. The summed E-state index contributed by atoms with van der Waals surface area (Å²) < 4.78 is 5.24. The zero-order valence-electron chi connectivity index (χ0n) is 11.6. The Bertz CT molecular complexity index is 485. The average Bonchev–Trinajstić information content (AvgIpc) is 3.12. The Balaban J connectivity index is 2.29. The number of carbonyl (C=O) groups excluding carboxylic acids is 1. The standard InChI is InChI=1S/C15H20ClNO2/c1-4-19-13(18)15(3,14(2)9-10-14)17-12-8-6-5-7-11(12)16/h5-8,17H,4,9-10H2,1-3H3. The molecule has 1 fully saturated rings. The van der Waals surface area contributed by atoms with Crippen LogP contribution in [0.15, 0.2) is 24.3 Å². The number of anilines is 1. The topological polar surface area (TPSA) is 38.3 Å². The Kier molecular flexibility index (Phi) is 3.77. The van der Waals surface area contributed by atoms with Gasteiger partial charge in [-0.1, -0.05) is 30.7 Å². The highest BCUT2D eigenvalue weighted by atomic mass is 35.5. The lowest BCUT2D eigenvalue weighted by Crippen LogP contribution is -2.51. The molecule has 1 saturated carbocycles. The van der Waals surface area contributed by atoms with Crippen LogP contribution in [0.2, 0.25) is 5.02 Å². The molecule has 3 nitrogen and oxygen atoms in total. The van der Waals surface area contributed by atoms with E-state index in [0.29, 0.717) is 11.6 Å². The van der Waals surface area contributed by atoms with Crippen molar-refractivity contribution in [2.45, 2.75) is 39.2 Å². The smallest absolute Gasteiger partial charge is 0.332 e. The predicted molar refractivity (Wildman–Crippen MR) is 77.5 cm³/mol. The molecule has 0 amide bonds. The highest BCUT2D eigenvalue weighted by Gasteiger charge is 2.58. The Morgan fingerprint density at radius 3 is 2.63 bits per heavy atom. The Hall–Kier alpha value is -1.22. The van der Waals surface area contributed by atoms with E-state index >= 15 is 0 Å². The number of ether oxygens (including phenoxy) is 1. The maximum absolute atomic E-state index is 12.3. The van der Waals surface area contributed by atoms with Gasteiger partial charge in [0.15, 0.2) is 0 Å². The lowest BCUT2D eigenvalue weighted by molar-refractivity contribution is -0.150. The van der Waals surface area contributed by atoms with Crippen LogP contribution in [0.4, 0.5) is 5.69 Å². The zero-order chi connectivity index (χ0) is 14.1. The van der Waals surface area contributed by atoms with Crippen LogP contribution in [0.3, 0.4) is 0 Å². The molecule has 2 rings (SSSR count). The van der Waals surface area contributed by atoms with E-state index in [9.17, 15) is 4.79 Å². The molecule has 0 heterocycles. The third kappa shape index (κ3) is 2.57. The van der Waals surface area contributed by atoms with Crippen molar-refractivity contribution in [3.63, 3.8) is 0 Å². The van der Waals surface area contributed by atoms with Gasteiger partial charge in [-0.3, -0.25) is 0 Å². The van der Waals surface area contributed by atoms with Crippen molar-refractivity contribution < 1.29 is 9.53 Å². The maximum Gasteiger partial charge on any atom is 0.332 e. The van der Waals surface area contributed by atoms with Gasteiger partial charge in [-0.05, 0) is 38.8 Å². The molecule has 0 aromatic heterocycles. The minimum atomic E-state index is -0.742. The fourth-order valence-corrected chi connectivity index (χ4v) is 2.43. The van der Waals surface area contributed by atoms with E-state index in [1.165, 1.54) is 0 Å². The average molecular weight is 282 g/mol. The van der Waals surface area contributed by atoms with E-state index in [2.05, 4.69) is 12.2 Å². The van der Waals surface area contributed by atoms with Crippen LogP contribution in [-0.2, 0) is 9.53 Å². The van der Waals surface area contributed by atoms with Crippen LogP contribution >= 0.6 is 11.6 Å². The van der Waals surface area contributed by atoms with Crippen molar-refractivity contribution >= 4 is 23.3 Å². The quantitative estimate of drug-likeness (QED) is 0.833. The minimum absolute atomic E-state index is 0.0710. The van der Waals surface area contributed by atoms with Gasteiger partial charge in [0.1, 0.15) is 5.54 Å². The zero-order valence-corrected chi connectivity index (χ0v) is 12.4. The molecule has 1 aromatic carbocycles. The monoisotopic (exact) mass is 281 g/mol. The maximum atomic E-state index is 12.3. The summed E-state index contributed by atoms with van der Waals surface area (Å²) in [7, 11) is 0. The summed E-state index contributed by atoms with van der Waals surface area (Å²) in [6, 6.07) is 7.46. The molecule has 1 atom stereocenters. The van der Waals surface area contributed by atoms with E-state index in [-0.39, 0.29) is 11.4 Å². The number of benzene rings is 1. The second kappa shape index (κ2) is 5.04. The number of carbonyl (C=O) groups is 1. The van der Waals surface area contributed by atoms with Gasteiger partial charge in [0.05, 0.1) is 17.3 Å². The fourth-order valence-electron chi connectivity index (χ4n) is 2.24. The van der Waals surface area contributed by atoms with E-state index in [1.54, 1.807) is 0 Å². The molecule has 1 aliphatic rings. The molecular weight excluding hydrogens is 262 g/mol. The molecule has 104 valence electrons. The molecule has 0 saturated heterocycles. The molecular formula is C15H20ClNO2. The van der Waals surface area contributed by atoms with E-state index in [0.717, 1.165) is 18.5 Å². The number of nitrogens with one attached hydrogen (secondary N) is 1. The van der Waals surface area contributed by atoms with Crippen LogP contribution < -0.4 is 5.32 Å². The first kappa shape index (κ1) is 14.2. The van der Waals surface area contributed by atoms with Crippen LogP contribution in [0, 0.1) is 5.41 Å². The van der Waals surface area contributed by atoms with Gasteiger partial charge >= 0.3 is 5.97 Å². The molecule has 0 spiro atoms. The minimum Gasteiger partial charge on any atom is -0.464 e. The second-order valence-corrected chi connectivity index (χ2v) is 5.92. The highest BCUT2D eigenvalue weighted by Crippen LogP contribution is 2.55. The van der Waals surface area contributed by atoms with Crippen molar-refractivity contribution in [2.75, 3.05) is 11.9 Å². The summed E-state index contributed by atoms with van der Waals surface area (Å²) in [4.78, 5) is 12.3. The van der Waals surface area contributed by atoms with E-state index < -0.39 is 5.54 Å². The number of hydrogen-bond donors (Lipinski definition) is 1. The largest absolute Gasteiger partial charge is 0.464 e. The molecule has 1 unspecified atom stereocenters. The van der Waals surface area contributed by atoms with Crippen molar-refractivity contribution in [2.24, 2.45) is 5.41 Å². The number of esters is 1. The predicted octanol–water partition coefficient (Wildman–Crippen LogP) is 3.87. The molecule has 4 heteroatoms. The van der Waals surface area contributed by atoms with Crippen molar-refractivity contribution in [1.29, 1.82) is 0 Å². The van der Waals surface area contributed by atoms with Gasteiger partial charge in [-0.15, -0.1) is 0 Å². The molecule has 19 heavy (non-hydrogen) atoms. The third-order valence-corrected chi connectivity index (χ3v) is 4.48. The number of halogens is 1. The number of para-hydroxylation sites is 1. The van der Waals surface area contributed by atoms with Gasteiger partial charge in [-0.25, -0.2) is 4.79 Å². The lowest BCUT2D eigenvalue weighted by atomic mass is 9.83. The Labute approximate surface area is 119 Å². The van der Waals surface area contributed by atoms with Gasteiger partial charge in [0, 0.05) is 5.41 Å². The summed E-state index contributed by atoms with van der Waals surface area (Å²) in [5, 5.41) is 3.92. The van der Waals surface area contributed by atoms with E-state index in [1.807, 2.05) is 38.1 Å². The van der Waals surface area contributed by atoms with Crippen LogP contribution in [0.25, 0.3) is 0 Å². The molecule has 1 aromatic rings. The third-order valence-electron chi connectivity index (χ3n) is 4.15. The summed E-state index contributed by atoms with van der Waals surface area (Å²) in [6.07, 6.45) is 2.03. The van der Waals surface area contributed by atoms with Gasteiger partial charge in [-0.2, -0.15) is 0 Å². The van der Waals surface area contributed by atoms with Crippen LogP contribution in [-0.4, -0.2) is 18.1 Å². The summed E-state index contributed by atoms with van der Waals surface area (Å²) in [5.41, 5.74) is -0.0419. The van der Waals surface area contributed by atoms with Gasteiger partial charge in [0.2, 0.25) is 0 Å². The van der Waals surface area contributed by atoms with E-state index in [4.69, 9.17) is 16.3 Å². The van der Waals surface area contributed by atoms with Crippen molar-refractivity contribution in [3.8, 4) is 0 Å². The first-order chi connectivity index (χ1) is 8.93. The normalized spacial score (nSPS) is 19.4. The first-order valence-electron chi connectivity index (χ1n) is 6.63. The molecule has 0 aliphatic heterocycles. The van der Waals surface area contributed by atoms with Gasteiger partial charge < -0.3 is 10.1 Å². The highest BCUT2D eigenvalue weighted by molar-refractivity contribution is 6.33. The van der Waals surface area contributed by atoms with Crippen LogP contribution in [0.1, 0.15) is 33.6 Å². The van der Waals surface area contributed by atoms with Gasteiger partial charge in [0.25, 0.3) is 0 Å². The molecule has 0 radical (unpaired) electrons. The van der Waals surface area contributed by atoms with Crippen LogP contribution in [0.5, 0.6) is 0 Å². The first-order valence-corrected chi connectivity index (χ1v) is 7.01. The molecule has 1 N–H and O–H groups in total.